The lowest BCUT2D eigenvalue weighted by atomic mass is 10.0. The van der Waals surface area contributed by atoms with E-state index in [1.807, 2.05) is 13.8 Å². The second-order valence-corrected chi connectivity index (χ2v) is 8.05. The summed E-state index contributed by atoms with van der Waals surface area (Å²) >= 11 is 1.23. The molecule has 156 valence electrons. The van der Waals surface area contributed by atoms with Crippen LogP contribution in [-0.2, 0) is 0 Å². The number of nitrogens with zero attached hydrogens (tertiary/aromatic N) is 1. The molecular formula is C23H19N3O4S. The average molecular weight is 433 g/mol. The number of carbonyl (C=O) groups is 3. The van der Waals surface area contributed by atoms with E-state index in [1.165, 1.54) is 15.9 Å². The van der Waals surface area contributed by atoms with E-state index in [-0.39, 0.29) is 5.75 Å². The smallest absolute Gasteiger partial charge is 0.343 e. The summed E-state index contributed by atoms with van der Waals surface area (Å²) in [5.41, 5.74) is 14.2. The molecule has 4 rings (SSSR count). The summed E-state index contributed by atoms with van der Waals surface area (Å²) in [5.74, 6) is -0.763. The fraction of sp³-hybridized carbons (Fsp3) is 0.0870. The average Bonchev–Trinajstić information content (AvgIpc) is 3.28. The van der Waals surface area contributed by atoms with Crippen LogP contribution in [0.5, 0.6) is 5.75 Å². The Morgan fingerprint density at radius 2 is 1.65 bits per heavy atom. The first-order valence-electron chi connectivity index (χ1n) is 9.41. The maximum absolute atomic E-state index is 12.7. The molecule has 7 nitrogen and oxygen atoms in total. The van der Waals surface area contributed by atoms with Gasteiger partial charge in [-0.3, -0.25) is 9.36 Å². The van der Waals surface area contributed by atoms with Crippen molar-refractivity contribution in [3.8, 4) is 16.2 Å². The number of carbonyl (C=O) groups excluding carboxylic acids is 3. The fourth-order valence-electron chi connectivity index (χ4n) is 3.51. The zero-order chi connectivity index (χ0) is 22.3. The predicted molar refractivity (Wildman–Crippen MR) is 120 cm³/mol. The number of nitrogens with two attached hydrogens (primary N) is 2. The summed E-state index contributed by atoms with van der Waals surface area (Å²) < 4.78 is 7.00. The first-order valence-corrected chi connectivity index (χ1v) is 10.2. The van der Waals surface area contributed by atoms with E-state index in [0.717, 1.165) is 16.0 Å². The van der Waals surface area contributed by atoms with Crippen molar-refractivity contribution in [3.05, 3.63) is 76.3 Å². The van der Waals surface area contributed by atoms with Gasteiger partial charge < -0.3 is 16.2 Å². The van der Waals surface area contributed by atoms with Gasteiger partial charge >= 0.3 is 12.0 Å². The molecule has 2 amide bonds. The Balaban J connectivity index is 1.94. The minimum Gasteiger partial charge on any atom is -0.422 e. The lowest BCUT2D eigenvalue weighted by Crippen LogP contribution is -2.18. The summed E-state index contributed by atoms with van der Waals surface area (Å²) in [7, 11) is 0. The molecule has 2 aromatic heterocycles. The summed E-state index contributed by atoms with van der Waals surface area (Å²) in [4.78, 5) is 37.8. The van der Waals surface area contributed by atoms with Crippen LogP contribution in [0, 0.1) is 13.8 Å². The number of ether oxygens (including phenoxy) is 1. The van der Waals surface area contributed by atoms with Crippen LogP contribution < -0.4 is 16.2 Å². The summed E-state index contributed by atoms with van der Waals surface area (Å²) in [5, 5.41) is 0.547. The second-order valence-electron chi connectivity index (χ2n) is 7.03. The van der Waals surface area contributed by atoms with E-state index < -0.39 is 17.9 Å². The van der Waals surface area contributed by atoms with Crippen molar-refractivity contribution >= 4 is 40.1 Å². The number of aromatic nitrogens is 1. The zero-order valence-corrected chi connectivity index (χ0v) is 17.7. The maximum Gasteiger partial charge on any atom is 0.343 e. The number of benzene rings is 2. The van der Waals surface area contributed by atoms with Crippen molar-refractivity contribution in [1.82, 2.24) is 4.57 Å². The quantitative estimate of drug-likeness (QED) is 0.370. The van der Waals surface area contributed by atoms with Crippen LogP contribution in [-0.4, -0.2) is 22.5 Å². The van der Waals surface area contributed by atoms with E-state index in [9.17, 15) is 14.4 Å². The molecule has 4 N–H and O–H groups in total. The Hall–Kier alpha value is -3.91. The Morgan fingerprint density at radius 1 is 0.935 bits per heavy atom. The van der Waals surface area contributed by atoms with Crippen LogP contribution in [0.15, 0.2) is 54.7 Å². The molecule has 2 aromatic carbocycles. The monoisotopic (exact) mass is 433 g/mol. The van der Waals surface area contributed by atoms with Gasteiger partial charge in [-0.25, -0.2) is 9.59 Å². The summed E-state index contributed by atoms with van der Waals surface area (Å²) in [6.07, 6.45) is 1.59. The standard InChI is InChI=1S/C23H19N3O4S/c1-12-13(2)20(21(24)27)31-19(12)15-11-26(23(25)29)16-9-6-10-17(18(15)16)30-22(28)14-7-4-3-5-8-14/h3-11H,1-2H3,(H2,24,27)(H2,25,29). The third-order valence-electron chi connectivity index (χ3n) is 5.16. The van der Waals surface area contributed by atoms with Crippen molar-refractivity contribution in [1.29, 1.82) is 0 Å². The minimum absolute atomic E-state index is 0.285. The van der Waals surface area contributed by atoms with Crippen molar-refractivity contribution in [3.63, 3.8) is 0 Å². The molecule has 0 unspecified atom stereocenters. The molecule has 0 bridgehead atoms. The van der Waals surface area contributed by atoms with Crippen LogP contribution in [0.3, 0.4) is 0 Å². The van der Waals surface area contributed by atoms with Gasteiger partial charge in [0.1, 0.15) is 5.75 Å². The molecule has 0 saturated carbocycles. The van der Waals surface area contributed by atoms with Gasteiger partial charge in [-0.2, -0.15) is 0 Å². The number of thiophene rings is 1. The number of hydrogen-bond donors (Lipinski definition) is 2. The van der Waals surface area contributed by atoms with Gasteiger partial charge in [0, 0.05) is 16.6 Å². The van der Waals surface area contributed by atoms with Crippen LogP contribution in [0.4, 0.5) is 4.79 Å². The minimum atomic E-state index is -0.677. The highest BCUT2D eigenvalue weighted by atomic mass is 32.1. The SMILES string of the molecule is Cc1c(C(N)=O)sc(-c2cn(C(N)=O)c3cccc(OC(=O)c4ccccc4)c23)c1C. The molecule has 0 radical (unpaired) electrons. The van der Waals surface area contributed by atoms with Crippen LogP contribution in [0.1, 0.15) is 31.2 Å². The third-order valence-corrected chi connectivity index (χ3v) is 6.60. The van der Waals surface area contributed by atoms with Gasteiger partial charge in [0.25, 0.3) is 5.91 Å². The summed E-state index contributed by atoms with van der Waals surface area (Å²) in [6.45, 7) is 3.69. The highest BCUT2D eigenvalue weighted by Gasteiger charge is 2.24. The number of esters is 1. The first kappa shape index (κ1) is 20.4. The fourth-order valence-corrected chi connectivity index (χ4v) is 4.70. The molecule has 0 aliphatic heterocycles. The van der Waals surface area contributed by atoms with E-state index in [1.54, 1.807) is 54.7 Å². The van der Waals surface area contributed by atoms with Gasteiger partial charge in [0.05, 0.1) is 21.3 Å². The van der Waals surface area contributed by atoms with Crippen LogP contribution in [0.25, 0.3) is 21.3 Å². The lowest BCUT2D eigenvalue weighted by molar-refractivity contribution is 0.0737. The van der Waals surface area contributed by atoms with Gasteiger partial charge in [0.2, 0.25) is 0 Å². The predicted octanol–water partition coefficient (Wildman–Crippen LogP) is 4.23. The van der Waals surface area contributed by atoms with Crippen molar-refractivity contribution in [2.45, 2.75) is 13.8 Å². The topological polar surface area (TPSA) is 117 Å². The number of primary amides is 2. The normalized spacial score (nSPS) is 10.9. The number of rotatable bonds is 4. The van der Waals surface area contributed by atoms with Gasteiger partial charge in [-0.15, -0.1) is 11.3 Å². The van der Waals surface area contributed by atoms with E-state index in [0.29, 0.717) is 26.9 Å². The molecule has 0 saturated heterocycles. The summed E-state index contributed by atoms with van der Waals surface area (Å²) in [6, 6.07) is 13.0. The molecule has 4 aromatic rings. The van der Waals surface area contributed by atoms with Gasteiger partial charge in [-0.1, -0.05) is 24.3 Å². The Morgan fingerprint density at radius 3 is 2.26 bits per heavy atom. The van der Waals surface area contributed by atoms with Crippen LogP contribution >= 0.6 is 11.3 Å². The van der Waals surface area contributed by atoms with E-state index in [2.05, 4.69) is 0 Å². The molecule has 0 aliphatic carbocycles. The molecule has 2 heterocycles. The molecule has 0 spiro atoms. The first-order chi connectivity index (χ1) is 14.8. The van der Waals surface area contributed by atoms with E-state index in [4.69, 9.17) is 16.2 Å². The molecule has 0 fully saturated rings. The van der Waals surface area contributed by atoms with Crippen molar-refractivity contribution in [2.24, 2.45) is 11.5 Å². The zero-order valence-electron chi connectivity index (χ0n) is 16.8. The molecule has 8 heteroatoms. The van der Waals surface area contributed by atoms with Crippen LogP contribution in [0.2, 0.25) is 0 Å². The Labute approximate surface area is 181 Å². The highest BCUT2D eigenvalue weighted by molar-refractivity contribution is 7.17. The molecule has 0 aliphatic rings. The molecule has 31 heavy (non-hydrogen) atoms. The number of hydrogen-bond acceptors (Lipinski definition) is 5. The Bertz CT molecular complexity index is 1350. The van der Waals surface area contributed by atoms with E-state index >= 15 is 0 Å². The van der Waals surface area contributed by atoms with Crippen molar-refractivity contribution in [2.75, 3.05) is 0 Å². The van der Waals surface area contributed by atoms with Gasteiger partial charge in [0.15, 0.2) is 0 Å². The van der Waals surface area contributed by atoms with Crippen molar-refractivity contribution < 1.29 is 19.1 Å². The number of fused-ring (bicyclic) bond motifs is 1. The Kier molecular flexibility index (Phi) is 5.08. The molecule has 0 atom stereocenters. The number of amides is 2. The molecular weight excluding hydrogens is 414 g/mol. The second kappa shape index (κ2) is 7.73. The largest absolute Gasteiger partial charge is 0.422 e. The third kappa shape index (κ3) is 3.47. The highest BCUT2D eigenvalue weighted by Crippen LogP contribution is 2.43. The maximum atomic E-state index is 12.7. The lowest BCUT2D eigenvalue weighted by Gasteiger charge is -2.08. The van der Waals surface area contributed by atoms with Gasteiger partial charge in [-0.05, 0) is 49.2 Å².